The second-order valence-electron chi connectivity index (χ2n) is 11.1. The number of benzene rings is 2. The van der Waals surface area contributed by atoms with Crippen LogP contribution in [0.1, 0.15) is 113 Å². The molecule has 2 aromatic carbocycles. The summed E-state index contributed by atoms with van der Waals surface area (Å²) in [6.45, 7) is 4.93. The van der Waals surface area contributed by atoms with E-state index in [4.69, 9.17) is 9.47 Å². The topological polar surface area (TPSA) is 18.5 Å². The Labute approximate surface area is 225 Å². The summed E-state index contributed by atoms with van der Waals surface area (Å²) in [4.78, 5) is 0. The van der Waals surface area contributed by atoms with Crippen molar-refractivity contribution < 1.29 is 27.0 Å². The van der Waals surface area contributed by atoms with Gasteiger partial charge in [0.25, 0.3) is 0 Å². The first-order chi connectivity index (χ1) is 18.4. The van der Waals surface area contributed by atoms with Gasteiger partial charge in [0.05, 0.1) is 12.7 Å². The lowest BCUT2D eigenvalue weighted by molar-refractivity contribution is 0.0230. The fraction of sp³-hybridized carbons (Fsp3) is 0.625. The van der Waals surface area contributed by atoms with Crippen LogP contribution in [0.4, 0.5) is 17.6 Å². The predicted octanol–water partition coefficient (Wildman–Crippen LogP) is 9.39. The Morgan fingerprint density at radius 2 is 1.32 bits per heavy atom. The van der Waals surface area contributed by atoms with Crippen LogP contribution in [0.3, 0.4) is 0 Å². The number of aryl methyl sites for hydroxylation is 1. The Balaban J connectivity index is 1.29. The van der Waals surface area contributed by atoms with Crippen molar-refractivity contribution in [2.24, 2.45) is 5.92 Å². The van der Waals surface area contributed by atoms with Gasteiger partial charge in [-0.15, -0.1) is 0 Å². The largest absolute Gasteiger partial charge is 0.491 e. The maximum Gasteiger partial charge on any atom is 0.200 e. The lowest BCUT2D eigenvalue weighted by atomic mass is 9.76. The summed E-state index contributed by atoms with van der Waals surface area (Å²) in [6, 6.07) is 6.70. The smallest absolute Gasteiger partial charge is 0.200 e. The molecule has 0 heterocycles. The van der Waals surface area contributed by atoms with Gasteiger partial charge in [0.15, 0.2) is 23.2 Å². The third-order valence-electron chi connectivity index (χ3n) is 8.64. The molecule has 210 valence electrons. The molecule has 0 unspecified atom stereocenters. The van der Waals surface area contributed by atoms with Crippen LogP contribution in [0, 0.1) is 29.2 Å². The monoisotopic (exact) mass is 534 g/mol. The van der Waals surface area contributed by atoms with Crippen LogP contribution in [-0.4, -0.2) is 19.3 Å². The fourth-order valence-electron chi connectivity index (χ4n) is 6.30. The number of hydrogen-bond donors (Lipinski definition) is 0. The molecule has 2 fully saturated rings. The maximum absolute atomic E-state index is 15.2. The summed E-state index contributed by atoms with van der Waals surface area (Å²) in [5.41, 5.74) is 1.36. The molecule has 0 aliphatic heterocycles. The minimum absolute atomic E-state index is 0.00263. The van der Waals surface area contributed by atoms with E-state index in [0.717, 1.165) is 77.2 Å². The quantitative estimate of drug-likeness (QED) is 0.211. The second-order valence-corrected chi connectivity index (χ2v) is 11.1. The molecule has 2 saturated carbocycles. The van der Waals surface area contributed by atoms with Gasteiger partial charge >= 0.3 is 0 Å². The summed E-state index contributed by atoms with van der Waals surface area (Å²) in [7, 11) is 0. The summed E-state index contributed by atoms with van der Waals surface area (Å²) in [5, 5.41) is 0. The second kappa shape index (κ2) is 13.8. The molecule has 0 radical (unpaired) electrons. The average molecular weight is 535 g/mol. The van der Waals surface area contributed by atoms with E-state index in [-0.39, 0.29) is 30.3 Å². The zero-order valence-electron chi connectivity index (χ0n) is 22.8. The van der Waals surface area contributed by atoms with Gasteiger partial charge < -0.3 is 9.47 Å². The highest BCUT2D eigenvalue weighted by Gasteiger charge is 2.30. The van der Waals surface area contributed by atoms with Gasteiger partial charge in [-0.1, -0.05) is 31.5 Å². The SMILES string of the molecule is CCCCOC1CCC(c2ccc(C3CCC(CCc4ccc(OCC)c(F)c4F)CC3)c(F)c2F)CC1. The number of ether oxygens (including phenoxy) is 2. The van der Waals surface area contributed by atoms with E-state index in [0.29, 0.717) is 29.0 Å². The van der Waals surface area contributed by atoms with Crippen LogP contribution >= 0.6 is 0 Å². The molecule has 0 N–H and O–H groups in total. The van der Waals surface area contributed by atoms with Gasteiger partial charge in [-0.2, -0.15) is 4.39 Å². The molecule has 0 spiro atoms. The summed E-state index contributed by atoms with van der Waals surface area (Å²) in [5.74, 6) is -2.76. The normalized spacial score (nSPS) is 23.9. The highest BCUT2D eigenvalue weighted by molar-refractivity contribution is 5.33. The van der Waals surface area contributed by atoms with E-state index in [9.17, 15) is 8.78 Å². The molecule has 2 aliphatic rings. The third-order valence-corrected chi connectivity index (χ3v) is 8.64. The molecule has 0 bridgehead atoms. The first-order valence-corrected chi connectivity index (χ1v) is 14.6. The zero-order chi connectivity index (χ0) is 27.1. The number of rotatable bonds is 11. The van der Waals surface area contributed by atoms with Crippen LogP contribution in [0.2, 0.25) is 0 Å². The Morgan fingerprint density at radius 1 is 0.711 bits per heavy atom. The van der Waals surface area contributed by atoms with Crippen molar-refractivity contribution in [2.45, 2.75) is 109 Å². The van der Waals surface area contributed by atoms with Crippen molar-refractivity contribution in [2.75, 3.05) is 13.2 Å². The van der Waals surface area contributed by atoms with Gasteiger partial charge in [0, 0.05) is 6.61 Å². The molecule has 2 aromatic rings. The van der Waals surface area contributed by atoms with Gasteiger partial charge in [-0.25, -0.2) is 13.2 Å². The van der Waals surface area contributed by atoms with Crippen LogP contribution in [0.5, 0.6) is 5.75 Å². The molecular weight excluding hydrogens is 492 g/mol. The average Bonchev–Trinajstić information content (AvgIpc) is 2.93. The van der Waals surface area contributed by atoms with Crippen molar-refractivity contribution in [3.63, 3.8) is 0 Å². The molecule has 0 amide bonds. The van der Waals surface area contributed by atoms with E-state index in [1.54, 1.807) is 19.1 Å². The van der Waals surface area contributed by atoms with Crippen LogP contribution in [-0.2, 0) is 11.2 Å². The first-order valence-electron chi connectivity index (χ1n) is 14.6. The van der Waals surface area contributed by atoms with Crippen molar-refractivity contribution in [3.8, 4) is 5.75 Å². The Bertz CT molecular complexity index is 1040. The molecule has 2 aliphatic carbocycles. The van der Waals surface area contributed by atoms with Gasteiger partial charge in [0.1, 0.15) is 0 Å². The predicted molar refractivity (Wildman–Crippen MR) is 143 cm³/mol. The van der Waals surface area contributed by atoms with E-state index in [1.165, 1.54) is 6.07 Å². The minimum Gasteiger partial charge on any atom is -0.491 e. The summed E-state index contributed by atoms with van der Waals surface area (Å²) < 4.78 is 70.1. The Hall–Kier alpha value is -2.08. The van der Waals surface area contributed by atoms with Gasteiger partial charge in [-0.3, -0.25) is 0 Å². The first kappa shape index (κ1) is 28.9. The number of unbranched alkanes of at least 4 members (excludes halogenated alkanes) is 1. The molecule has 0 aromatic heterocycles. The van der Waals surface area contributed by atoms with E-state index < -0.39 is 23.3 Å². The number of hydrogen-bond acceptors (Lipinski definition) is 2. The van der Waals surface area contributed by atoms with Gasteiger partial charge in [0.2, 0.25) is 5.82 Å². The fourth-order valence-corrected chi connectivity index (χ4v) is 6.30. The van der Waals surface area contributed by atoms with E-state index in [2.05, 4.69) is 6.92 Å². The van der Waals surface area contributed by atoms with E-state index >= 15 is 8.78 Å². The summed E-state index contributed by atoms with van der Waals surface area (Å²) >= 11 is 0. The molecular formula is C32H42F4O2. The van der Waals surface area contributed by atoms with Crippen LogP contribution < -0.4 is 4.74 Å². The Morgan fingerprint density at radius 3 is 1.89 bits per heavy atom. The van der Waals surface area contributed by atoms with Crippen LogP contribution in [0.15, 0.2) is 24.3 Å². The highest BCUT2D eigenvalue weighted by Crippen LogP contribution is 2.42. The molecule has 4 rings (SSSR count). The van der Waals surface area contributed by atoms with Crippen molar-refractivity contribution in [1.29, 1.82) is 0 Å². The lowest BCUT2D eigenvalue weighted by Crippen LogP contribution is -2.22. The lowest BCUT2D eigenvalue weighted by Gasteiger charge is -2.31. The van der Waals surface area contributed by atoms with E-state index in [1.807, 2.05) is 6.07 Å². The van der Waals surface area contributed by atoms with Crippen LogP contribution in [0.25, 0.3) is 0 Å². The molecule has 38 heavy (non-hydrogen) atoms. The standard InChI is InChI=1S/C32H42F4O2/c1-3-5-20-38-25-15-12-23(13-16-25)27-18-17-26(30(34)31(27)35)22-9-6-21(7-10-22)8-11-24-14-19-28(37-4-2)32(36)29(24)33/h14,17-19,21-23,25H,3-13,15-16,20H2,1-2H3. The molecule has 2 nitrogen and oxygen atoms in total. The van der Waals surface area contributed by atoms with Crippen molar-refractivity contribution in [3.05, 3.63) is 64.2 Å². The third kappa shape index (κ3) is 6.91. The molecule has 6 heteroatoms. The molecule has 0 atom stereocenters. The highest BCUT2D eigenvalue weighted by atomic mass is 19.2. The van der Waals surface area contributed by atoms with Crippen molar-refractivity contribution in [1.82, 2.24) is 0 Å². The Kier molecular flexibility index (Phi) is 10.5. The molecule has 0 saturated heterocycles. The van der Waals surface area contributed by atoms with Crippen molar-refractivity contribution >= 4 is 0 Å². The minimum atomic E-state index is -0.928. The maximum atomic E-state index is 15.2. The zero-order valence-corrected chi connectivity index (χ0v) is 22.8. The number of halogens is 4. The summed E-state index contributed by atoms with van der Waals surface area (Å²) in [6.07, 6.45) is 10.4. The van der Waals surface area contributed by atoms with Gasteiger partial charge in [-0.05, 0) is 118 Å².